The van der Waals surface area contributed by atoms with Crippen molar-refractivity contribution in [1.29, 1.82) is 0 Å². The van der Waals surface area contributed by atoms with Crippen LogP contribution in [0.25, 0.3) is 0 Å². The lowest BCUT2D eigenvalue weighted by Gasteiger charge is -2.06. The second-order valence-corrected chi connectivity index (χ2v) is 3.56. The standard InChI is InChI=1S/C12H16/c1-9(2)7-12-8-10(3)5-6-11(12)4/h5-6,8H,1,7H2,2-4H3. The molecule has 0 aliphatic carbocycles. The number of aryl methyl sites for hydroxylation is 2. The predicted octanol–water partition coefficient (Wildman–Crippen LogP) is 3.42. The summed E-state index contributed by atoms with van der Waals surface area (Å²) in [6.07, 6.45) is 1.01. The minimum atomic E-state index is 1.01. The van der Waals surface area contributed by atoms with Crippen LogP contribution >= 0.6 is 0 Å². The predicted molar refractivity (Wildman–Crippen MR) is 54.4 cm³/mol. The van der Waals surface area contributed by atoms with Gasteiger partial charge in [0.05, 0.1) is 0 Å². The maximum Gasteiger partial charge on any atom is -0.00699 e. The summed E-state index contributed by atoms with van der Waals surface area (Å²) in [7, 11) is 0. The van der Waals surface area contributed by atoms with E-state index in [0.717, 1.165) is 6.42 Å². The van der Waals surface area contributed by atoms with Crippen molar-refractivity contribution < 1.29 is 0 Å². The molecule has 64 valence electrons. The smallest absolute Gasteiger partial charge is 0.00699 e. The lowest BCUT2D eigenvalue weighted by Crippen LogP contribution is -1.90. The lowest BCUT2D eigenvalue weighted by atomic mass is 10.0. The molecule has 0 aromatic heterocycles. The third-order valence-electron chi connectivity index (χ3n) is 2.00. The van der Waals surface area contributed by atoms with Crippen molar-refractivity contribution in [2.75, 3.05) is 0 Å². The maximum atomic E-state index is 3.92. The minimum absolute atomic E-state index is 1.01. The summed E-state index contributed by atoms with van der Waals surface area (Å²) in [5.41, 5.74) is 5.33. The van der Waals surface area contributed by atoms with Gasteiger partial charge in [0.2, 0.25) is 0 Å². The highest BCUT2D eigenvalue weighted by Gasteiger charge is 1.97. The zero-order valence-electron chi connectivity index (χ0n) is 8.15. The highest BCUT2D eigenvalue weighted by atomic mass is 14.0. The normalized spacial score (nSPS) is 9.92. The lowest BCUT2D eigenvalue weighted by molar-refractivity contribution is 1.12. The number of hydrogen-bond acceptors (Lipinski definition) is 0. The van der Waals surface area contributed by atoms with Crippen LogP contribution in [0.15, 0.2) is 30.4 Å². The van der Waals surface area contributed by atoms with Gasteiger partial charge in [-0.25, -0.2) is 0 Å². The Kier molecular flexibility index (Phi) is 2.69. The molecule has 1 aromatic carbocycles. The summed E-state index contributed by atoms with van der Waals surface area (Å²) < 4.78 is 0. The topological polar surface area (TPSA) is 0 Å². The van der Waals surface area contributed by atoms with E-state index >= 15 is 0 Å². The van der Waals surface area contributed by atoms with Crippen molar-refractivity contribution in [1.82, 2.24) is 0 Å². The number of allylic oxidation sites excluding steroid dienone is 1. The third kappa shape index (κ3) is 2.23. The first kappa shape index (κ1) is 9.05. The highest BCUT2D eigenvalue weighted by Crippen LogP contribution is 2.13. The number of benzene rings is 1. The van der Waals surface area contributed by atoms with Gasteiger partial charge in [0.1, 0.15) is 0 Å². The fourth-order valence-corrected chi connectivity index (χ4v) is 1.32. The Morgan fingerprint density at radius 1 is 1.33 bits per heavy atom. The van der Waals surface area contributed by atoms with E-state index in [2.05, 4.69) is 45.5 Å². The molecule has 0 aliphatic heterocycles. The average molecular weight is 160 g/mol. The molecule has 0 spiro atoms. The van der Waals surface area contributed by atoms with E-state index in [1.807, 2.05) is 0 Å². The molecule has 0 atom stereocenters. The first-order chi connectivity index (χ1) is 5.59. The van der Waals surface area contributed by atoms with E-state index in [0.29, 0.717) is 0 Å². The SMILES string of the molecule is C=C(C)Cc1cc(C)ccc1C. The molecule has 0 unspecified atom stereocenters. The van der Waals surface area contributed by atoms with Crippen molar-refractivity contribution in [3.8, 4) is 0 Å². The van der Waals surface area contributed by atoms with Gasteiger partial charge in [-0.05, 0) is 38.3 Å². The molecule has 0 N–H and O–H groups in total. The molecule has 0 radical (unpaired) electrons. The number of hydrogen-bond donors (Lipinski definition) is 0. The summed E-state index contributed by atoms with van der Waals surface area (Å²) in [6.45, 7) is 10.3. The summed E-state index contributed by atoms with van der Waals surface area (Å²) >= 11 is 0. The Balaban J connectivity index is 2.97. The van der Waals surface area contributed by atoms with Gasteiger partial charge in [-0.2, -0.15) is 0 Å². The molecule has 0 amide bonds. The first-order valence-corrected chi connectivity index (χ1v) is 4.30. The van der Waals surface area contributed by atoms with E-state index < -0.39 is 0 Å². The van der Waals surface area contributed by atoms with Gasteiger partial charge in [0.15, 0.2) is 0 Å². The summed E-state index contributed by atoms with van der Waals surface area (Å²) in [5.74, 6) is 0. The molecule has 0 heteroatoms. The molecule has 1 aromatic rings. The molecule has 0 nitrogen and oxygen atoms in total. The van der Waals surface area contributed by atoms with Crippen molar-refractivity contribution in [3.63, 3.8) is 0 Å². The molecule has 0 heterocycles. The van der Waals surface area contributed by atoms with Crippen LogP contribution in [0, 0.1) is 13.8 Å². The monoisotopic (exact) mass is 160 g/mol. The molecule has 12 heavy (non-hydrogen) atoms. The molecule has 1 rings (SSSR count). The van der Waals surface area contributed by atoms with Crippen LogP contribution in [0.5, 0.6) is 0 Å². The van der Waals surface area contributed by atoms with E-state index in [1.165, 1.54) is 22.3 Å². The van der Waals surface area contributed by atoms with E-state index in [9.17, 15) is 0 Å². The molecule has 0 aliphatic rings. The van der Waals surface area contributed by atoms with E-state index in [4.69, 9.17) is 0 Å². The zero-order valence-corrected chi connectivity index (χ0v) is 8.15. The van der Waals surface area contributed by atoms with Gasteiger partial charge in [-0.1, -0.05) is 35.9 Å². The van der Waals surface area contributed by atoms with Gasteiger partial charge in [-0.15, -0.1) is 0 Å². The highest BCUT2D eigenvalue weighted by molar-refractivity contribution is 5.32. The van der Waals surface area contributed by atoms with Crippen LogP contribution in [-0.4, -0.2) is 0 Å². The van der Waals surface area contributed by atoms with E-state index in [-0.39, 0.29) is 0 Å². The average Bonchev–Trinajstić information content (AvgIpc) is 1.96. The van der Waals surface area contributed by atoms with Crippen LogP contribution in [0.4, 0.5) is 0 Å². The van der Waals surface area contributed by atoms with Crippen LogP contribution in [-0.2, 0) is 6.42 Å². The minimum Gasteiger partial charge on any atom is -0.0998 e. The van der Waals surface area contributed by atoms with Crippen molar-refractivity contribution in [2.24, 2.45) is 0 Å². The van der Waals surface area contributed by atoms with Crippen molar-refractivity contribution >= 4 is 0 Å². The van der Waals surface area contributed by atoms with Gasteiger partial charge >= 0.3 is 0 Å². The van der Waals surface area contributed by atoms with Crippen LogP contribution < -0.4 is 0 Å². The van der Waals surface area contributed by atoms with Gasteiger partial charge in [0.25, 0.3) is 0 Å². The Labute approximate surface area is 74.9 Å². The molecular weight excluding hydrogens is 144 g/mol. The van der Waals surface area contributed by atoms with Crippen molar-refractivity contribution in [2.45, 2.75) is 27.2 Å². The maximum absolute atomic E-state index is 3.92. The quantitative estimate of drug-likeness (QED) is 0.581. The summed E-state index contributed by atoms with van der Waals surface area (Å²) in [6, 6.07) is 6.56. The van der Waals surface area contributed by atoms with Gasteiger partial charge in [0, 0.05) is 0 Å². The Bertz CT molecular complexity index is 295. The van der Waals surface area contributed by atoms with Crippen LogP contribution in [0.3, 0.4) is 0 Å². The van der Waals surface area contributed by atoms with Crippen molar-refractivity contribution in [3.05, 3.63) is 47.0 Å². The molecule has 0 saturated heterocycles. The van der Waals surface area contributed by atoms with Gasteiger partial charge < -0.3 is 0 Å². The summed E-state index contributed by atoms with van der Waals surface area (Å²) in [4.78, 5) is 0. The third-order valence-corrected chi connectivity index (χ3v) is 2.00. The Morgan fingerprint density at radius 2 is 2.00 bits per heavy atom. The second-order valence-electron chi connectivity index (χ2n) is 3.56. The van der Waals surface area contributed by atoms with E-state index in [1.54, 1.807) is 0 Å². The van der Waals surface area contributed by atoms with Crippen LogP contribution in [0.1, 0.15) is 23.6 Å². The molecule has 0 fully saturated rings. The van der Waals surface area contributed by atoms with Gasteiger partial charge in [-0.3, -0.25) is 0 Å². The van der Waals surface area contributed by atoms with Crippen LogP contribution in [0.2, 0.25) is 0 Å². The Hall–Kier alpha value is -1.04. The second kappa shape index (κ2) is 3.57. The molecule has 0 bridgehead atoms. The zero-order chi connectivity index (χ0) is 9.14. The number of rotatable bonds is 2. The summed E-state index contributed by atoms with van der Waals surface area (Å²) in [5, 5.41) is 0. The molecular formula is C12H16. The first-order valence-electron chi connectivity index (χ1n) is 4.30. The fourth-order valence-electron chi connectivity index (χ4n) is 1.32. The molecule has 0 saturated carbocycles. The Morgan fingerprint density at radius 3 is 2.58 bits per heavy atom. The largest absolute Gasteiger partial charge is 0.0998 e. The fraction of sp³-hybridized carbons (Fsp3) is 0.333.